The molecule has 0 bridgehead atoms. The Kier molecular flexibility index (Phi) is 6.28. The number of fused-ring (bicyclic) bond motifs is 1. The van der Waals surface area contributed by atoms with Gasteiger partial charge in [-0.15, -0.1) is 0 Å². The Morgan fingerprint density at radius 1 is 1.20 bits per heavy atom. The topological polar surface area (TPSA) is 98.0 Å². The minimum atomic E-state index is -4.52. The summed E-state index contributed by atoms with van der Waals surface area (Å²) in [6.45, 7) is 0.500. The zero-order chi connectivity index (χ0) is 21.9. The molecule has 2 N–H and O–H groups in total. The van der Waals surface area contributed by atoms with Crippen LogP contribution in [0.5, 0.6) is 0 Å². The molecule has 0 atom stereocenters. The van der Waals surface area contributed by atoms with Gasteiger partial charge in [0.1, 0.15) is 18.9 Å². The normalized spacial score (nSPS) is 14.0. The van der Waals surface area contributed by atoms with E-state index >= 15 is 0 Å². The minimum Gasteiger partial charge on any atom is -0.343 e. The second kappa shape index (κ2) is 8.72. The first kappa shape index (κ1) is 21.6. The van der Waals surface area contributed by atoms with E-state index in [2.05, 4.69) is 10.4 Å². The summed E-state index contributed by atoms with van der Waals surface area (Å²) in [5.41, 5.74) is 0.516. The van der Waals surface area contributed by atoms with Crippen LogP contribution in [0.3, 0.4) is 0 Å². The number of carbonyl (C=O) groups is 2. The molecule has 1 aromatic carbocycles. The Labute approximate surface area is 170 Å². The van der Waals surface area contributed by atoms with Crippen LogP contribution in [0, 0.1) is 6.92 Å². The van der Waals surface area contributed by atoms with Gasteiger partial charge in [0.25, 0.3) is 5.91 Å². The van der Waals surface area contributed by atoms with Crippen molar-refractivity contribution in [3.8, 4) is 0 Å². The molecular weight excluding hydrogens is 403 g/mol. The van der Waals surface area contributed by atoms with E-state index in [9.17, 15) is 27.6 Å². The van der Waals surface area contributed by atoms with Crippen molar-refractivity contribution in [1.29, 1.82) is 0 Å². The van der Waals surface area contributed by atoms with Crippen molar-refractivity contribution in [3.05, 3.63) is 45.6 Å². The van der Waals surface area contributed by atoms with Crippen LogP contribution < -0.4 is 16.3 Å². The number of benzene rings is 1. The highest BCUT2D eigenvalue weighted by Gasteiger charge is 2.28. The molecular formula is C19H22F3N5O3. The van der Waals surface area contributed by atoms with Crippen molar-refractivity contribution in [3.63, 3.8) is 0 Å². The zero-order valence-corrected chi connectivity index (χ0v) is 16.4. The maximum Gasteiger partial charge on any atom is 0.405 e. The number of halogens is 3. The van der Waals surface area contributed by atoms with Gasteiger partial charge in [0.2, 0.25) is 5.91 Å². The van der Waals surface area contributed by atoms with E-state index in [-0.39, 0.29) is 23.5 Å². The first-order valence-corrected chi connectivity index (χ1v) is 9.56. The first-order chi connectivity index (χ1) is 14.1. The Morgan fingerprint density at radius 3 is 2.70 bits per heavy atom. The predicted octanol–water partition coefficient (Wildman–Crippen LogP) is 2.01. The molecule has 1 aromatic heterocycles. The lowest BCUT2D eigenvalue weighted by Crippen LogP contribution is -2.33. The second-order valence-electron chi connectivity index (χ2n) is 7.19. The van der Waals surface area contributed by atoms with E-state index in [1.165, 1.54) is 18.2 Å². The maximum absolute atomic E-state index is 12.5. The highest BCUT2D eigenvalue weighted by atomic mass is 19.4. The summed E-state index contributed by atoms with van der Waals surface area (Å²) in [7, 11) is 0. The average molecular weight is 425 g/mol. The Bertz CT molecular complexity index is 1010. The zero-order valence-electron chi connectivity index (χ0n) is 16.4. The fourth-order valence-corrected chi connectivity index (χ4v) is 3.23. The molecule has 0 radical (unpaired) electrons. The number of nitrogens with one attached hydrogen (secondary N) is 2. The van der Waals surface area contributed by atoms with Crippen LogP contribution in [0.1, 0.15) is 41.0 Å². The highest BCUT2D eigenvalue weighted by molar-refractivity contribution is 5.97. The van der Waals surface area contributed by atoms with Crippen LogP contribution >= 0.6 is 0 Å². The monoisotopic (exact) mass is 425 g/mol. The van der Waals surface area contributed by atoms with Gasteiger partial charge in [0, 0.05) is 24.2 Å². The number of rotatable bonds is 5. The van der Waals surface area contributed by atoms with Crippen molar-refractivity contribution < 1.29 is 22.8 Å². The van der Waals surface area contributed by atoms with E-state index in [0.717, 1.165) is 23.9 Å². The molecule has 0 aliphatic carbocycles. The minimum absolute atomic E-state index is 0.0222. The van der Waals surface area contributed by atoms with Crippen LogP contribution in [0.4, 0.5) is 18.9 Å². The number of hydrogen-bond donors (Lipinski definition) is 2. The summed E-state index contributed by atoms with van der Waals surface area (Å²) in [5, 5.41) is 8.62. The van der Waals surface area contributed by atoms with Gasteiger partial charge in [-0.05, 0) is 37.5 Å². The third kappa shape index (κ3) is 5.28. The Hall–Kier alpha value is -3.11. The quantitative estimate of drug-likeness (QED) is 0.766. The summed E-state index contributed by atoms with van der Waals surface area (Å²) >= 11 is 0. The second-order valence-corrected chi connectivity index (χ2v) is 7.19. The van der Waals surface area contributed by atoms with Gasteiger partial charge >= 0.3 is 11.9 Å². The van der Waals surface area contributed by atoms with Crippen LogP contribution in [0.15, 0.2) is 23.0 Å². The number of hydrogen-bond acceptors (Lipinski definition) is 4. The number of aromatic nitrogens is 3. The molecule has 0 spiro atoms. The van der Waals surface area contributed by atoms with Gasteiger partial charge in [0.05, 0.1) is 0 Å². The van der Waals surface area contributed by atoms with Gasteiger partial charge < -0.3 is 10.6 Å². The number of alkyl halides is 3. The Morgan fingerprint density at radius 2 is 1.97 bits per heavy atom. The van der Waals surface area contributed by atoms with Crippen LogP contribution in [-0.4, -0.2) is 38.9 Å². The predicted molar refractivity (Wildman–Crippen MR) is 102 cm³/mol. The molecule has 162 valence electrons. The van der Waals surface area contributed by atoms with E-state index < -0.39 is 24.5 Å². The first-order valence-electron chi connectivity index (χ1n) is 9.56. The lowest BCUT2D eigenvalue weighted by molar-refractivity contribution is -0.123. The summed E-state index contributed by atoms with van der Waals surface area (Å²) < 4.78 is 39.5. The molecule has 0 saturated heterocycles. The third-order valence-corrected chi connectivity index (χ3v) is 4.80. The number of nitrogens with zero attached hydrogens (tertiary/aromatic N) is 3. The standard InChI is InChI=1S/C19H22F3N5O3/c1-12-6-7-13(17(29)23-11-19(20,21)22)9-14(12)24-16(28)10-27-18(30)26-8-4-2-3-5-15(26)25-27/h6-7,9H,2-5,8,10-11H2,1H3,(H,23,29)(H,24,28). The maximum atomic E-state index is 12.5. The molecule has 3 rings (SSSR count). The van der Waals surface area contributed by atoms with Crippen molar-refractivity contribution in [2.75, 3.05) is 11.9 Å². The fourth-order valence-electron chi connectivity index (χ4n) is 3.23. The molecule has 0 fully saturated rings. The molecule has 2 amide bonds. The highest BCUT2D eigenvalue weighted by Crippen LogP contribution is 2.18. The van der Waals surface area contributed by atoms with E-state index in [0.29, 0.717) is 24.4 Å². The van der Waals surface area contributed by atoms with Crippen molar-refractivity contribution in [1.82, 2.24) is 19.7 Å². The summed E-state index contributed by atoms with van der Waals surface area (Å²) in [6, 6.07) is 4.18. The summed E-state index contributed by atoms with van der Waals surface area (Å²) in [5.74, 6) is -0.775. The van der Waals surface area contributed by atoms with Crippen LogP contribution in [-0.2, 0) is 24.3 Å². The third-order valence-electron chi connectivity index (χ3n) is 4.80. The molecule has 30 heavy (non-hydrogen) atoms. The fraction of sp³-hybridized carbons (Fsp3) is 0.474. The van der Waals surface area contributed by atoms with Gasteiger partial charge in [-0.1, -0.05) is 12.5 Å². The SMILES string of the molecule is Cc1ccc(C(=O)NCC(F)(F)F)cc1NC(=O)Cn1nc2n(c1=O)CCCCC2. The summed E-state index contributed by atoms with van der Waals surface area (Å²) in [6.07, 6.45) is -1.00. The van der Waals surface area contributed by atoms with Crippen molar-refractivity contribution in [2.45, 2.75) is 51.9 Å². The number of amides is 2. The van der Waals surface area contributed by atoms with Gasteiger partial charge in [-0.3, -0.25) is 14.2 Å². The average Bonchev–Trinajstić information content (AvgIpc) is 2.84. The number of anilines is 1. The van der Waals surface area contributed by atoms with Crippen molar-refractivity contribution >= 4 is 17.5 Å². The van der Waals surface area contributed by atoms with E-state index in [4.69, 9.17) is 0 Å². The smallest absolute Gasteiger partial charge is 0.343 e. The van der Waals surface area contributed by atoms with Crippen LogP contribution in [0.25, 0.3) is 0 Å². The molecule has 0 saturated carbocycles. The molecule has 1 aliphatic heterocycles. The van der Waals surface area contributed by atoms with Crippen LogP contribution in [0.2, 0.25) is 0 Å². The largest absolute Gasteiger partial charge is 0.405 e. The van der Waals surface area contributed by atoms with E-state index in [1.807, 2.05) is 0 Å². The number of aryl methyl sites for hydroxylation is 2. The lowest BCUT2D eigenvalue weighted by Gasteiger charge is -2.12. The van der Waals surface area contributed by atoms with Gasteiger partial charge in [0.15, 0.2) is 0 Å². The molecule has 2 heterocycles. The van der Waals surface area contributed by atoms with Crippen molar-refractivity contribution in [2.24, 2.45) is 0 Å². The molecule has 1 aliphatic rings. The Balaban J connectivity index is 1.70. The molecule has 0 unspecified atom stereocenters. The molecule has 11 heteroatoms. The van der Waals surface area contributed by atoms with Gasteiger partial charge in [-0.2, -0.15) is 18.3 Å². The lowest BCUT2D eigenvalue weighted by atomic mass is 10.1. The molecule has 2 aromatic rings. The van der Waals surface area contributed by atoms with Gasteiger partial charge in [-0.25, -0.2) is 9.48 Å². The van der Waals surface area contributed by atoms with E-state index in [1.54, 1.807) is 16.8 Å². The summed E-state index contributed by atoms with van der Waals surface area (Å²) in [4.78, 5) is 36.8. The molecule has 8 nitrogen and oxygen atoms in total. The number of carbonyl (C=O) groups excluding carboxylic acids is 2.